The minimum absolute atomic E-state index is 0.0331. The Labute approximate surface area is 246 Å². The number of hydrogen-bond donors (Lipinski definition) is 0. The van der Waals surface area contributed by atoms with Crippen LogP contribution in [-0.2, 0) is 20.2 Å². The molecule has 4 nitrogen and oxygen atoms in total. The average molecular weight is 669 g/mol. The van der Waals surface area contributed by atoms with Crippen LogP contribution in [0.4, 0.5) is 39.5 Å². The summed E-state index contributed by atoms with van der Waals surface area (Å²) in [5.41, 5.74) is -8.95. The quantitative estimate of drug-likeness (QED) is 0.138. The molecule has 0 saturated heterocycles. The Bertz CT molecular complexity index is 1370. The summed E-state index contributed by atoms with van der Waals surface area (Å²) in [4.78, 5) is 0. The minimum atomic E-state index is -6.09. The van der Waals surface area contributed by atoms with Crippen molar-refractivity contribution in [2.24, 2.45) is 0 Å². The smallest absolute Gasteiger partial charge is 0.485 e. The van der Waals surface area contributed by atoms with Crippen LogP contribution < -0.4 is 10.6 Å². The van der Waals surface area contributed by atoms with Crippen LogP contribution in [0.3, 0.4) is 0 Å². The maximum Gasteiger partial charge on any atom is 0.485 e. The number of benzene rings is 2. The molecule has 0 amide bonds. The van der Waals surface area contributed by atoms with Gasteiger partial charge in [-0.2, -0.15) is 44.0 Å². The lowest BCUT2D eigenvalue weighted by molar-refractivity contribution is -0.362. The molecule has 3 rings (SSSR count). The molecule has 0 spiro atoms. The maximum atomic E-state index is 14.6. The predicted molar refractivity (Wildman–Crippen MR) is 147 cm³/mol. The molecule has 1 aliphatic heterocycles. The van der Waals surface area contributed by atoms with E-state index in [0.29, 0.717) is 5.30 Å². The standard InChI is InChI=1S/C27H34F6OP.CHF3O3S/c1-15(2)19-13-20(16(3)4)24(21(14-19)17(5)6)35(18(7)8)23-12-10-9-11-22(23)25(34-35,26(28,29)30)27(31,32)33;2-1(3,4)8(5,6)7/h9-18H,1-8H3;(H,5,6,7)/q+1;/p-1. The Hall–Kier alpha value is -1.89. The van der Waals surface area contributed by atoms with Gasteiger partial charge in [-0.25, -0.2) is 8.42 Å². The topological polar surface area (TPSA) is 66.4 Å². The van der Waals surface area contributed by atoms with Gasteiger partial charge >= 0.3 is 23.5 Å². The SMILES string of the molecule is CC(C)c1cc(C(C)C)c([P+]2(C(C)C)OC(C(F)(F)F)(C(F)(F)F)c3ccccc32)c(C(C)C)c1.O=S(=O)([O-])C(F)(F)F. The molecule has 15 heteroatoms. The first-order chi connectivity index (χ1) is 19.2. The van der Waals surface area contributed by atoms with Gasteiger partial charge in [0, 0.05) is 11.1 Å². The van der Waals surface area contributed by atoms with Crippen molar-refractivity contribution >= 4 is 28.2 Å². The van der Waals surface area contributed by atoms with E-state index in [1.807, 2.05) is 53.7 Å². The Morgan fingerprint density at radius 3 is 1.44 bits per heavy atom. The summed E-state index contributed by atoms with van der Waals surface area (Å²) in [5.74, 6) is -0.104. The molecular formula is C28H34F9O4PS. The normalized spacial score (nSPS) is 19.2. The van der Waals surface area contributed by atoms with E-state index in [9.17, 15) is 39.5 Å². The van der Waals surface area contributed by atoms with Gasteiger partial charge in [0.1, 0.15) is 16.3 Å². The molecule has 1 heterocycles. The lowest BCUT2D eigenvalue weighted by Crippen LogP contribution is -2.54. The molecule has 0 aromatic heterocycles. The molecule has 0 aliphatic carbocycles. The molecule has 2 aromatic rings. The highest BCUT2D eigenvalue weighted by Gasteiger charge is 2.84. The number of alkyl halides is 9. The first-order valence-corrected chi connectivity index (χ1v) is 16.4. The molecule has 0 saturated carbocycles. The number of halogens is 9. The van der Waals surface area contributed by atoms with E-state index in [0.717, 1.165) is 22.8 Å². The van der Waals surface area contributed by atoms with Crippen molar-refractivity contribution in [3.05, 3.63) is 58.7 Å². The Morgan fingerprint density at radius 2 is 1.14 bits per heavy atom. The van der Waals surface area contributed by atoms with Crippen LogP contribution in [0.15, 0.2) is 36.4 Å². The fourth-order valence-corrected chi connectivity index (χ4v) is 9.82. The van der Waals surface area contributed by atoms with Gasteiger partial charge in [0.2, 0.25) is 7.49 Å². The summed E-state index contributed by atoms with van der Waals surface area (Å²) in [6.45, 7) is 15.1. The fourth-order valence-electron chi connectivity index (χ4n) is 5.05. The van der Waals surface area contributed by atoms with Crippen molar-refractivity contribution in [1.82, 2.24) is 0 Å². The molecule has 1 atom stereocenters. The zero-order chi connectivity index (χ0) is 33.7. The van der Waals surface area contributed by atoms with Gasteiger partial charge in [-0.15, -0.1) is 0 Å². The van der Waals surface area contributed by atoms with E-state index in [2.05, 4.69) is 0 Å². The van der Waals surface area contributed by atoms with E-state index >= 15 is 0 Å². The third kappa shape index (κ3) is 6.58. The first kappa shape index (κ1) is 37.3. The first-order valence-electron chi connectivity index (χ1n) is 13.2. The second-order valence-electron chi connectivity index (χ2n) is 11.4. The molecular weight excluding hydrogens is 634 g/mol. The van der Waals surface area contributed by atoms with Crippen LogP contribution in [-0.4, -0.2) is 36.5 Å². The number of hydrogen-bond acceptors (Lipinski definition) is 4. The number of rotatable bonds is 5. The molecule has 0 radical (unpaired) electrons. The van der Waals surface area contributed by atoms with Gasteiger partial charge < -0.3 is 4.55 Å². The monoisotopic (exact) mass is 668 g/mol. The summed E-state index contributed by atoms with van der Waals surface area (Å²) in [7, 11) is -9.74. The number of fused-ring (bicyclic) bond motifs is 1. The molecule has 1 unspecified atom stereocenters. The van der Waals surface area contributed by atoms with Crippen molar-refractivity contribution < 1.29 is 57.0 Å². The van der Waals surface area contributed by atoms with Gasteiger partial charge in [-0.3, -0.25) is 0 Å². The van der Waals surface area contributed by atoms with Crippen LogP contribution in [0.2, 0.25) is 0 Å². The van der Waals surface area contributed by atoms with Crippen LogP contribution in [0, 0.1) is 0 Å². The molecule has 0 N–H and O–H groups in total. The van der Waals surface area contributed by atoms with Gasteiger partial charge in [0.05, 0.1) is 5.56 Å². The Kier molecular flexibility index (Phi) is 10.5. The Balaban J connectivity index is 0.000000708. The van der Waals surface area contributed by atoms with Crippen molar-refractivity contribution in [2.45, 2.75) is 102 Å². The van der Waals surface area contributed by atoms with E-state index < -0.39 is 52.3 Å². The highest BCUT2D eigenvalue weighted by atomic mass is 32.2. The van der Waals surface area contributed by atoms with Crippen LogP contribution >= 0.6 is 7.49 Å². The third-order valence-electron chi connectivity index (χ3n) is 7.17. The van der Waals surface area contributed by atoms with Crippen LogP contribution in [0.5, 0.6) is 0 Å². The zero-order valence-corrected chi connectivity index (χ0v) is 26.4. The fraction of sp³-hybridized carbons (Fsp3) is 0.571. The van der Waals surface area contributed by atoms with E-state index in [4.69, 9.17) is 17.5 Å². The van der Waals surface area contributed by atoms with Crippen molar-refractivity contribution in [1.29, 1.82) is 0 Å². The van der Waals surface area contributed by atoms with Crippen LogP contribution in [0.25, 0.3) is 0 Å². The summed E-state index contributed by atoms with van der Waals surface area (Å²) in [6.07, 6.45) is -11.4. The van der Waals surface area contributed by atoms with Crippen molar-refractivity contribution in [3.63, 3.8) is 0 Å². The molecule has 244 valence electrons. The molecule has 43 heavy (non-hydrogen) atoms. The maximum absolute atomic E-state index is 14.6. The lowest BCUT2D eigenvalue weighted by Gasteiger charge is -2.36. The second-order valence-corrected chi connectivity index (χ2v) is 16.3. The average Bonchev–Trinajstić information content (AvgIpc) is 3.16. The summed E-state index contributed by atoms with van der Waals surface area (Å²) in [5, 5.41) is 0.565. The van der Waals surface area contributed by atoms with Crippen LogP contribution in [0.1, 0.15) is 95.4 Å². The third-order valence-corrected chi connectivity index (χ3v) is 12.0. The Morgan fingerprint density at radius 1 is 0.744 bits per heavy atom. The van der Waals surface area contributed by atoms with E-state index in [1.165, 1.54) is 18.2 Å². The molecule has 1 aliphatic rings. The highest BCUT2D eigenvalue weighted by Crippen LogP contribution is 2.76. The lowest BCUT2D eigenvalue weighted by atomic mass is 9.89. The van der Waals surface area contributed by atoms with E-state index in [1.54, 1.807) is 13.8 Å². The van der Waals surface area contributed by atoms with Gasteiger partial charge in [-0.05, 0) is 43.2 Å². The summed E-state index contributed by atoms with van der Waals surface area (Å²) in [6, 6.07) is 8.99. The van der Waals surface area contributed by atoms with E-state index in [-0.39, 0.29) is 23.1 Å². The van der Waals surface area contributed by atoms with Gasteiger partial charge in [-0.1, -0.05) is 71.9 Å². The van der Waals surface area contributed by atoms with Gasteiger partial charge in [0.25, 0.3) is 0 Å². The van der Waals surface area contributed by atoms with Crippen molar-refractivity contribution in [2.75, 3.05) is 0 Å². The second kappa shape index (κ2) is 12.1. The summed E-state index contributed by atoms with van der Waals surface area (Å²) >= 11 is 0. The summed E-state index contributed by atoms with van der Waals surface area (Å²) < 4.78 is 152. The predicted octanol–water partition coefficient (Wildman–Crippen LogP) is 8.75. The molecule has 0 bridgehead atoms. The molecule has 0 fully saturated rings. The minimum Gasteiger partial charge on any atom is -0.741 e. The van der Waals surface area contributed by atoms with Gasteiger partial charge in [0.15, 0.2) is 10.1 Å². The zero-order valence-electron chi connectivity index (χ0n) is 24.7. The molecule has 2 aromatic carbocycles. The van der Waals surface area contributed by atoms with Crippen molar-refractivity contribution in [3.8, 4) is 0 Å². The largest absolute Gasteiger partial charge is 0.741 e. The highest BCUT2D eigenvalue weighted by molar-refractivity contribution is 7.86.